The van der Waals surface area contributed by atoms with Gasteiger partial charge < -0.3 is 5.11 Å². The van der Waals surface area contributed by atoms with E-state index in [1.807, 2.05) is 0 Å². The molecule has 1 aromatic heterocycles. The van der Waals surface area contributed by atoms with E-state index < -0.39 is 11.8 Å². The Labute approximate surface area is 122 Å². The van der Waals surface area contributed by atoms with Crippen molar-refractivity contribution in [1.29, 1.82) is 0 Å². The quantitative estimate of drug-likeness (QED) is 0.901. The first-order chi connectivity index (χ1) is 9.49. The Morgan fingerprint density at radius 1 is 1.55 bits per heavy atom. The fourth-order valence-corrected chi connectivity index (χ4v) is 2.40. The van der Waals surface area contributed by atoms with E-state index >= 15 is 0 Å². The molecule has 0 fully saturated rings. The maximum absolute atomic E-state index is 13.9. The van der Waals surface area contributed by atoms with Gasteiger partial charge >= 0.3 is 5.97 Å². The lowest BCUT2D eigenvalue weighted by Gasteiger charge is -2.11. The van der Waals surface area contributed by atoms with E-state index in [-0.39, 0.29) is 23.7 Å². The topological polar surface area (TPSA) is 80.9 Å². The number of aliphatic carboxylic acids is 1. The lowest BCUT2D eigenvalue weighted by Crippen LogP contribution is -2.14. The van der Waals surface area contributed by atoms with E-state index in [4.69, 9.17) is 5.11 Å². The van der Waals surface area contributed by atoms with Crippen molar-refractivity contribution in [3.63, 3.8) is 0 Å². The molecule has 0 saturated heterocycles. The van der Waals surface area contributed by atoms with Crippen molar-refractivity contribution in [2.24, 2.45) is 5.92 Å². The van der Waals surface area contributed by atoms with Gasteiger partial charge in [0.1, 0.15) is 5.82 Å². The molecule has 0 radical (unpaired) electrons. The largest absolute Gasteiger partial charge is 0.481 e. The van der Waals surface area contributed by atoms with Gasteiger partial charge in [-0.25, -0.2) is 9.07 Å². The Bertz CT molecular complexity index is 611. The Morgan fingerprint density at radius 2 is 2.30 bits per heavy atom. The Morgan fingerprint density at radius 3 is 2.95 bits per heavy atom. The van der Waals surface area contributed by atoms with Crippen molar-refractivity contribution < 1.29 is 14.3 Å². The standard InChI is InChI=1S/C12H12BrFN4O2/c1-7(5-10(19)20)6-18-12(15-16-17-18)11-8(13)3-2-4-9(11)14/h2-4,7H,5-6H2,1H3,(H,19,20). The average molecular weight is 343 g/mol. The molecular formula is C12H12BrFN4O2. The van der Waals surface area contributed by atoms with Crippen LogP contribution in [-0.2, 0) is 11.3 Å². The number of carboxylic acids is 1. The number of rotatable bonds is 5. The molecule has 20 heavy (non-hydrogen) atoms. The number of tetrazole rings is 1. The fraction of sp³-hybridized carbons (Fsp3) is 0.333. The zero-order chi connectivity index (χ0) is 14.7. The SMILES string of the molecule is CC(CC(=O)O)Cn1nnnc1-c1c(F)cccc1Br. The van der Waals surface area contributed by atoms with Gasteiger partial charge in [0.15, 0.2) is 5.82 Å². The van der Waals surface area contributed by atoms with Crippen molar-refractivity contribution in [3.05, 3.63) is 28.5 Å². The molecule has 0 aliphatic heterocycles. The molecule has 6 nitrogen and oxygen atoms in total. The molecule has 106 valence electrons. The highest BCUT2D eigenvalue weighted by Gasteiger charge is 2.18. The minimum Gasteiger partial charge on any atom is -0.481 e. The predicted octanol–water partition coefficient (Wildman–Crippen LogP) is 2.35. The molecule has 0 saturated carbocycles. The molecule has 1 unspecified atom stereocenters. The van der Waals surface area contributed by atoms with Crippen molar-refractivity contribution in [1.82, 2.24) is 20.2 Å². The summed E-state index contributed by atoms with van der Waals surface area (Å²) in [5.74, 6) is -1.23. The van der Waals surface area contributed by atoms with E-state index in [0.717, 1.165) is 0 Å². The first-order valence-electron chi connectivity index (χ1n) is 5.91. The molecule has 1 N–H and O–H groups in total. The molecule has 2 rings (SSSR count). The van der Waals surface area contributed by atoms with Crippen molar-refractivity contribution in [2.75, 3.05) is 0 Å². The van der Waals surface area contributed by atoms with Gasteiger partial charge in [-0.3, -0.25) is 4.79 Å². The minimum absolute atomic E-state index is 0.00224. The number of halogens is 2. The van der Waals surface area contributed by atoms with Crippen LogP contribution >= 0.6 is 15.9 Å². The average Bonchev–Trinajstić information content (AvgIpc) is 2.76. The fourth-order valence-electron chi connectivity index (χ4n) is 1.88. The van der Waals surface area contributed by atoms with Gasteiger partial charge in [-0.2, -0.15) is 0 Å². The number of nitrogens with zero attached hydrogens (tertiary/aromatic N) is 4. The van der Waals surface area contributed by atoms with E-state index in [2.05, 4.69) is 31.5 Å². The summed E-state index contributed by atoms with van der Waals surface area (Å²) < 4.78 is 15.9. The summed E-state index contributed by atoms with van der Waals surface area (Å²) in [6.07, 6.45) is -0.00224. The smallest absolute Gasteiger partial charge is 0.303 e. The third kappa shape index (κ3) is 3.19. The summed E-state index contributed by atoms with van der Waals surface area (Å²) in [4.78, 5) is 10.7. The Kier molecular flexibility index (Phi) is 4.43. The molecule has 0 amide bonds. The summed E-state index contributed by atoms with van der Waals surface area (Å²) in [5, 5.41) is 19.9. The summed E-state index contributed by atoms with van der Waals surface area (Å²) >= 11 is 3.27. The second-order valence-corrected chi connectivity index (χ2v) is 5.34. The predicted molar refractivity (Wildman–Crippen MR) is 72.3 cm³/mol. The summed E-state index contributed by atoms with van der Waals surface area (Å²) in [7, 11) is 0. The minimum atomic E-state index is -0.890. The highest BCUT2D eigenvalue weighted by molar-refractivity contribution is 9.10. The van der Waals surface area contributed by atoms with Crippen molar-refractivity contribution in [2.45, 2.75) is 19.9 Å². The van der Waals surface area contributed by atoms with Gasteiger partial charge in [0.05, 0.1) is 5.56 Å². The number of carbonyl (C=O) groups is 1. The van der Waals surface area contributed by atoms with Crippen LogP contribution in [0.5, 0.6) is 0 Å². The van der Waals surface area contributed by atoms with Crippen LogP contribution in [0.25, 0.3) is 11.4 Å². The van der Waals surface area contributed by atoms with Crippen LogP contribution in [0.4, 0.5) is 4.39 Å². The van der Waals surface area contributed by atoms with Crippen LogP contribution in [0.3, 0.4) is 0 Å². The van der Waals surface area contributed by atoms with Gasteiger partial charge in [-0.15, -0.1) is 5.10 Å². The molecule has 0 bridgehead atoms. The summed E-state index contributed by atoms with van der Waals surface area (Å²) in [6.45, 7) is 2.07. The maximum Gasteiger partial charge on any atom is 0.303 e. The van der Waals surface area contributed by atoms with Crippen molar-refractivity contribution >= 4 is 21.9 Å². The molecule has 2 aromatic rings. The van der Waals surface area contributed by atoms with Gasteiger partial charge in [0, 0.05) is 17.4 Å². The molecule has 0 spiro atoms. The van der Waals surface area contributed by atoms with E-state index in [0.29, 0.717) is 11.0 Å². The van der Waals surface area contributed by atoms with Crippen LogP contribution in [0, 0.1) is 11.7 Å². The summed E-state index contributed by atoms with van der Waals surface area (Å²) in [5.41, 5.74) is 0.264. The highest BCUT2D eigenvalue weighted by Crippen LogP contribution is 2.29. The van der Waals surface area contributed by atoms with E-state index in [1.165, 1.54) is 10.7 Å². The van der Waals surface area contributed by atoms with Gasteiger partial charge in [-0.05, 0) is 44.4 Å². The molecule has 0 aliphatic carbocycles. The number of hydrogen-bond acceptors (Lipinski definition) is 4. The van der Waals surface area contributed by atoms with Crippen LogP contribution in [0.1, 0.15) is 13.3 Å². The molecule has 0 aliphatic rings. The van der Waals surface area contributed by atoms with Crippen LogP contribution < -0.4 is 0 Å². The third-order valence-corrected chi connectivity index (χ3v) is 3.39. The lowest BCUT2D eigenvalue weighted by molar-refractivity contribution is -0.138. The molecule has 1 atom stereocenters. The van der Waals surface area contributed by atoms with Gasteiger partial charge in [0.2, 0.25) is 0 Å². The third-order valence-electron chi connectivity index (χ3n) is 2.73. The zero-order valence-corrected chi connectivity index (χ0v) is 12.2. The molecule has 1 heterocycles. The van der Waals surface area contributed by atoms with Gasteiger partial charge in [0.25, 0.3) is 0 Å². The molecular weight excluding hydrogens is 331 g/mol. The number of hydrogen-bond donors (Lipinski definition) is 1. The normalized spacial score (nSPS) is 12.3. The van der Waals surface area contributed by atoms with Crippen LogP contribution in [0.15, 0.2) is 22.7 Å². The zero-order valence-electron chi connectivity index (χ0n) is 10.6. The lowest BCUT2D eigenvalue weighted by atomic mass is 10.1. The second-order valence-electron chi connectivity index (χ2n) is 4.48. The van der Waals surface area contributed by atoms with E-state index in [1.54, 1.807) is 19.1 Å². The second kappa shape index (κ2) is 6.08. The molecule has 8 heteroatoms. The monoisotopic (exact) mass is 342 g/mol. The van der Waals surface area contributed by atoms with Crippen LogP contribution in [-0.4, -0.2) is 31.3 Å². The van der Waals surface area contributed by atoms with Gasteiger partial charge in [-0.1, -0.05) is 13.0 Å². The molecule has 1 aromatic carbocycles. The first kappa shape index (κ1) is 14.6. The maximum atomic E-state index is 13.9. The Balaban J connectivity index is 2.31. The summed E-state index contributed by atoms with van der Waals surface area (Å²) in [6, 6.07) is 4.59. The van der Waals surface area contributed by atoms with Crippen molar-refractivity contribution in [3.8, 4) is 11.4 Å². The Hall–Kier alpha value is -1.83. The van der Waals surface area contributed by atoms with Crippen LogP contribution in [0.2, 0.25) is 0 Å². The number of carboxylic acid groups (broad SMARTS) is 1. The first-order valence-corrected chi connectivity index (χ1v) is 6.70. The highest BCUT2D eigenvalue weighted by atomic mass is 79.9. The van der Waals surface area contributed by atoms with E-state index in [9.17, 15) is 9.18 Å². The number of aromatic nitrogens is 4. The number of benzene rings is 1.